The number of carbonyl (C=O) groups is 1. The molecule has 1 rings (SSSR count). The lowest BCUT2D eigenvalue weighted by molar-refractivity contribution is -0.125. The van der Waals surface area contributed by atoms with Gasteiger partial charge in [-0.15, -0.1) is 0 Å². The molecule has 0 saturated heterocycles. The highest BCUT2D eigenvalue weighted by molar-refractivity contribution is 5.75. The molecule has 0 fully saturated rings. The Morgan fingerprint density at radius 1 is 1.82 bits per heavy atom. The third-order valence-corrected chi connectivity index (χ3v) is 1.61. The van der Waals surface area contributed by atoms with Gasteiger partial charge in [-0.25, -0.2) is 0 Å². The molecular weight excluding hydrogens is 138 g/mol. The van der Waals surface area contributed by atoms with Gasteiger partial charge in [0, 0.05) is 19.7 Å². The molecule has 0 N–H and O–H groups in total. The van der Waals surface area contributed by atoms with Gasteiger partial charge in [0.1, 0.15) is 0 Å². The number of carbonyl (C=O) groups excluding carboxylic acids is 1. The fraction of sp³-hybridized carbons (Fsp3) is 0.222. The summed E-state index contributed by atoms with van der Waals surface area (Å²) in [6, 6.07) is 0. The minimum absolute atomic E-state index is 0.0700. The molecule has 2 heteroatoms. The van der Waals surface area contributed by atoms with Crippen molar-refractivity contribution < 1.29 is 4.79 Å². The van der Waals surface area contributed by atoms with Crippen LogP contribution in [0.3, 0.4) is 0 Å². The smallest absolute Gasteiger partial charge is 0.223 e. The van der Waals surface area contributed by atoms with E-state index in [1.807, 2.05) is 12.2 Å². The summed E-state index contributed by atoms with van der Waals surface area (Å²) in [6.07, 6.45) is 7.39. The molecule has 2 nitrogen and oxygen atoms in total. The summed E-state index contributed by atoms with van der Waals surface area (Å²) < 4.78 is 0. The zero-order chi connectivity index (χ0) is 8.27. The first-order valence-corrected chi connectivity index (χ1v) is 3.52. The Labute approximate surface area is 66.5 Å². The van der Waals surface area contributed by atoms with Crippen LogP contribution in [0.4, 0.5) is 0 Å². The fourth-order valence-corrected chi connectivity index (χ4v) is 0.894. The van der Waals surface area contributed by atoms with E-state index in [-0.39, 0.29) is 5.91 Å². The maximum Gasteiger partial charge on any atom is 0.223 e. The van der Waals surface area contributed by atoms with E-state index in [1.165, 1.54) is 0 Å². The largest absolute Gasteiger partial charge is 0.315 e. The van der Waals surface area contributed by atoms with Gasteiger partial charge in [-0.1, -0.05) is 18.7 Å². The molecule has 11 heavy (non-hydrogen) atoms. The van der Waals surface area contributed by atoms with Crippen LogP contribution in [0.1, 0.15) is 6.92 Å². The minimum Gasteiger partial charge on any atom is -0.315 e. The average Bonchev–Trinajstić information content (AvgIpc) is 2.05. The van der Waals surface area contributed by atoms with Crippen molar-refractivity contribution in [3.8, 4) is 0 Å². The van der Waals surface area contributed by atoms with Crippen molar-refractivity contribution in [3.63, 3.8) is 0 Å². The van der Waals surface area contributed by atoms with Crippen LogP contribution in [0.2, 0.25) is 0 Å². The van der Waals surface area contributed by atoms with Gasteiger partial charge in [-0.3, -0.25) is 4.79 Å². The van der Waals surface area contributed by atoms with E-state index in [2.05, 4.69) is 6.58 Å². The lowest BCUT2D eigenvalue weighted by atomic mass is 10.2. The van der Waals surface area contributed by atoms with Gasteiger partial charge in [-0.05, 0) is 11.6 Å². The van der Waals surface area contributed by atoms with Crippen molar-refractivity contribution in [2.45, 2.75) is 6.92 Å². The topological polar surface area (TPSA) is 20.3 Å². The highest BCUT2D eigenvalue weighted by Gasteiger charge is 2.05. The maximum absolute atomic E-state index is 10.8. The van der Waals surface area contributed by atoms with Gasteiger partial charge < -0.3 is 4.90 Å². The number of allylic oxidation sites excluding steroid dienone is 3. The van der Waals surface area contributed by atoms with E-state index < -0.39 is 0 Å². The van der Waals surface area contributed by atoms with Crippen LogP contribution in [0.15, 0.2) is 36.6 Å². The monoisotopic (exact) mass is 149 g/mol. The van der Waals surface area contributed by atoms with Crippen LogP contribution < -0.4 is 0 Å². The molecule has 1 amide bonds. The SMILES string of the molecule is C=CC1=CCN(C(C)=O)C=C1. The van der Waals surface area contributed by atoms with Crippen LogP contribution in [0.5, 0.6) is 0 Å². The zero-order valence-electron chi connectivity index (χ0n) is 6.58. The van der Waals surface area contributed by atoms with Crippen LogP contribution in [-0.2, 0) is 4.79 Å². The summed E-state index contributed by atoms with van der Waals surface area (Å²) in [6.45, 7) is 5.84. The first kappa shape index (κ1) is 7.79. The van der Waals surface area contributed by atoms with Crippen molar-refractivity contribution in [3.05, 3.63) is 36.6 Å². The molecule has 0 bridgehead atoms. The molecule has 0 spiro atoms. The standard InChI is InChI=1S/C9H11NO/c1-3-9-4-6-10(7-5-9)8(2)11/h3-6H,1,7H2,2H3. The predicted molar refractivity (Wildman–Crippen MR) is 44.8 cm³/mol. The van der Waals surface area contributed by atoms with Crippen LogP contribution in [0.25, 0.3) is 0 Å². The Kier molecular flexibility index (Phi) is 2.26. The highest BCUT2D eigenvalue weighted by atomic mass is 16.2. The van der Waals surface area contributed by atoms with E-state index in [0.29, 0.717) is 6.54 Å². The maximum atomic E-state index is 10.8. The van der Waals surface area contributed by atoms with Gasteiger partial charge in [0.15, 0.2) is 0 Å². The van der Waals surface area contributed by atoms with E-state index in [4.69, 9.17) is 0 Å². The molecular formula is C9H11NO. The average molecular weight is 149 g/mol. The second kappa shape index (κ2) is 3.19. The quantitative estimate of drug-likeness (QED) is 0.553. The molecule has 1 heterocycles. The number of rotatable bonds is 1. The van der Waals surface area contributed by atoms with Crippen LogP contribution in [-0.4, -0.2) is 17.4 Å². The molecule has 0 unspecified atom stereocenters. The highest BCUT2D eigenvalue weighted by Crippen LogP contribution is 2.07. The third kappa shape index (κ3) is 1.80. The Balaban J connectivity index is 2.64. The molecule has 0 atom stereocenters. The Morgan fingerprint density at radius 2 is 2.55 bits per heavy atom. The molecule has 0 aromatic rings. The lowest BCUT2D eigenvalue weighted by Gasteiger charge is -2.17. The number of hydrogen-bond donors (Lipinski definition) is 0. The normalized spacial score (nSPS) is 16.1. The Bertz CT molecular complexity index is 238. The molecule has 0 aromatic heterocycles. The van der Waals surface area contributed by atoms with Gasteiger partial charge in [-0.2, -0.15) is 0 Å². The fourth-order valence-electron chi connectivity index (χ4n) is 0.894. The van der Waals surface area contributed by atoms with Gasteiger partial charge in [0.05, 0.1) is 0 Å². The summed E-state index contributed by atoms with van der Waals surface area (Å²) in [4.78, 5) is 12.5. The lowest BCUT2D eigenvalue weighted by Crippen LogP contribution is -2.24. The molecule has 0 saturated carbocycles. The van der Waals surface area contributed by atoms with Crippen molar-refractivity contribution in [1.29, 1.82) is 0 Å². The van der Waals surface area contributed by atoms with Crippen LogP contribution >= 0.6 is 0 Å². The molecule has 0 radical (unpaired) electrons. The van der Waals surface area contributed by atoms with E-state index >= 15 is 0 Å². The van der Waals surface area contributed by atoms with Gasteiger partial charge >= 0.3 is 0 Å². The van der Waals surface area contributed by atoms with E-state index in [1.54, 1.807) is 24.1 Å². The van der Waals surface area contributed by atoms with Crippen molar-refractivity contribution in [1.82, 2.24) is 4.90 Å². The summed E-state index contributed by atoms with van der Waals surface area (Å²) in [5.74, 6) is 0.0700. The first-order chi connectivity index (χ1) is 5.24. The Hall–Kier alpha value is -1.31. The predicted octanol–water partition coefficient (Wildman–Crippen LogP) is 1.47. The molecule has 1 aliphatic rings. The van der Waals surface area contributed by atoms with Crippen molar-refractivity contribution in [2.75, 3.05) is 6.54 Å². The molecule has 0 aliphatic carbocycles. The minimum atomic E-state index is 0.0700. The summed E-state index contributed by atoms with van der Waals surface area (Å²) >= 11 is 0. The Morgan fingerprint density at radius 3 is 2.91 bits per heavy atom. The van der Waals surface area contributed by atoms with Gasteiger partial charge in [0.2, 0.25) is 5.91 Å². The molecule has 1 aliphatic heterocycles. The molecule has 0 aromatic carbocycles. The number of amides is 1. The summed E-state index contributed by atoms with van der Waals surface area (Å²) in [5, 5.41) is 0. The van der Waals surface area contributed by atoms with Crippen molar-refractivity contribution >= 4 is 5.91 Å². The summed E-state index contributed by atoms with van der Waals surface area (Å²) in [5.41, 5.74) is 1.07. The van der Waals surface area contributed by atoms with E-state index in [0.717, 1.165) is 5.57 Å². The summed E-state index contributed by atoms with van der Waals surface area (Å²) in [7, 11) is 0. The van der Waals surface area contributed by atoms with E-state index in [9.17, 15) is 4.79 Å². The van der Waals surface area contributed by atoms with Crippen LogP contribution in [0, 0.1) is 0 Å². The third-order valence-electron chi connectivity index (χ3n) is 1.61. The second-order valence-electron chi connectivity index (χ2n) is 2.40. The molecule has 58 valence electrons. The number of hydrogen-bond acceptors (Lipinski definition) is 1. The number of nitrogens with zero attached hydrogens (tertiary/aromatic N) is 1. The zero-order valence-corrected chi connectivity index (χ0v) is 6.58. The second-order valence-corrected chi connectivity index (χ2v) is 2.40. The van der Waals surface area contributed by atoms with Crippen molar-refractivity contribution in [2.24, 2.45) is 0 Å². The van der Waals surface area contributed by atoms with Gasteiger partial charge in [0.25, 0.3) is 0 Å². The first-order valence-electron chi connectivity index (χ1n) is 3.52.